The largest absolute Gasteiger partial charge is 0.485 e. The molecule has 0 radical (unpaired) electrons. The lowest BCUT2D eigenvalue weighted by Gasteiger charge is -2.16. The summed E-state index contributed by atoms with van der Waals surface area (Å²) in [6.45, 7) is 7.41. The molecule has 1 atom stereocenters. The van der Waals surface area contributed by atoms with Crippen molar-refractivity contribution in [2.24, 2.45) is 5.73 Å². The summed E-state index contributed by atoms with van der Waals surface area (Å²) in [6, 6.07) is 6.35. The summed E-state index contributed by atoms with van der Waals surface area (Å²) in [5.74, 6) is 1.76. The summed E-state index contributed by atoms with van der Waals surface area (Å²) in [5.41, 5.74) is 8.36. The van der Waals surface area contributed by atoms with Gasteiger partial charge in [-0.15, -0.1) is 0 Å². The van der Waals surface area contributed by atoms with Crippen molar-refractivity contribution in [1.82, 2.24) is 14.8 Å². The van der Waals surface area contributed by atoms with Gasteiger partial charge in [-0.1, -0.05) is 25.1 Å². The van der Waals surface area contributed by atoms with Crippen LogP contribution in [0.15, 0.2) is 24.5 Å². The van der Waals surface area contributed by atoms with Gasteiger partial charge in [-0.2, -0.15) is 5.10 Å². The van der Waals surface area contributed by atoms with Gasteiger partial charge in [0.05, 0.1) is 0 Å². The maximum absolute atomic E-state index is 6.08. The van der Waals surface area contributed by atoms with E-state index < -0.39 is 0 Å². The molecule has 0 aliphatic carbocycles. The van der Waals surface area contributed by atoms with Crippen LogP contribution in [0.1, 0.15) is 37.2 Å². The van der Waals surface area contributed by atoms with Gasteiger partial charge < -0.3 is 10.5 Å². The predicted octanol–water partition coefficient (Wildman–Crippen LogP) is 2.47. The van der Waals surface area contributed by atoms with Gasteiger partial charge in [-0.05, 0) is 37.8 Å². The van der Waals surface area contributed by atoms with Crippen LogP contribution in [0.5, 0.6) is 5.75 Å². The molecule has 0 aliphatic heterocycles. The lowest BCUT2D eigenvalue weighted by atomic mass is 10.0. The van der Waals surface area contributed by atoms with Crippen molar-refractivity contribution in [3.8, 4) is 5.75 Å². The number of hydrogen-bond acceptors (Lipinski definition) is 4. The molecule has 1 unspecified atom stereocenters. The van der Waals surface area contributed by atoms with Gasteiger partial charge in [0.25, 0.3) is 0 Å². The zero-order valence-corrected chi connectivity index (χ0v) is 13.0. The van der Waals surface area contributed by atoms with Gasteiger partial charge in [-0.25, -0.2) is 9.67 Å². The van der Waals surface area contributed by atoms with Crippen LogP contribution in [0.2, 0.25) is 0 Å². The monoisotopic (exact) mass is 288 g/mol. The molecule has 0 saturated carbocycles. The normalized spacial score (nSPS) is 12.4. The van der Waals surface area contributed by atoms with E-state index in [0.29, 0.717) is 6.61 Å². The molecule has 0 aliphatic rings. The second-order valence-electron chi connectivity index (χ2n) is 5.22. The van der Waals surface area contributed by atoms with Crippen LogP contribution in [-0.4, -0.2) is 20.8 Å². The van der Waals surface area contributed by atoms with Gasteiger partial charge in [0.15, 0.2) is 5.82 Å². The lowest BCUT2D eigenvalue weighted by molar-refractivity contribution is 0.282. The molecule has 1 aromatic heterocycles. The molecule has 21 heavy (non-hydrogen) atoms. The van der Waals surface area contributed by atoms with Gasteiger partial charge in [-0.3, -0.25) is 0 Å². The Balaban J connectivity index is 2.15. The average Bonchev–Trinajstić information content (AvgIpc) is 2.94. The highest BCUT2D eigenvalue weighted by atomic mass is 16.5. The first-order valence-electron chi connectivity index (χ1n) is 7.49. The SMILES string of the molecule is CCC(N)Cc1cccc(C)c1OCc1ncnn1CC. The molecule has 0 fully saturated rings. The number of ether oxygens (including phenoxy) is 1. The van der Waals surface area contributed by atoms with E-state index in [1.807, 2.05) is 11.6 Å². The molecule has 0 saturated heterocycles. The van der Waals surface area contributed by atoms with Gasteiger partial charge in [0.1, 0.15) is 18.7 Å². The van der Waals surface area contributed by atoms with Crippen LogP contribution in [0.4, 0.5) is 0 Å². The second-order valence-corrected chi connectivity index (χ2v) is 5.22. The Morgan fingerprint density at radius 3 is 2.86 bits per heavy atom. The molecule has 0 amide bonds. The smallest absolute Gasteiger partial charge is 0.164 e. The van der Waals surface area contributed by atoms with E-state index in [9.17, 15) is 0 Å². The van der Waals surface area contributed by atoms with E-state index in [1.165, 1.54) is 0 Å². The Morgan fingerprint density at radius 1 is 1.33 bits per heavy atom. The molecule has 2 rings (SSSR count). The summed E-state index contributed by atoms with van der Waals surface area (Å²) >= 11 is 0. The summed E-state index contributed by atoms with van der Waals surface area (Å²) in [5, 5.41) is 4.16. The maximum Gasteiger partial charge on any atom is 0.164 e. The first-order chi connectivity index (χ1) is 10.2. The molecule has 1 heterocycles. The number of hydrogen-bond donors (Lipinski definition) is 1. The number of nitrogens with zero attached hydrogens (tertiary/aromatic N) is 3. The Hall–Kier alpha value is -1.88. The van der Waals surface area contributed by atoms with Crippen LogP contribution in [0.25, 0.3) is 0 Å². The summed E-state index contributed by atoms with van der Waals surface area (Å²) in [4.78, 5) is 4.24. The number of aryl methyl sites for hydroxylation is 2. The van der Waals surface area contributed by atoms with Crippen LogP contribution < -0.4 is 10.5 Å². The van der Waals surface area contributed by atoms with Crippen molar-refractivity contribution in [2.45, 2.75) is 52.8 Å². The molecular formula is C16H24N4O. The maximum atomic E-state index is 6.08. The van der Waals surface area contributed by atoms with Gasteiger partial charge >= 0.3 is 0 Å². The Labute approximate surface area is 126 Å². The van der Waals surface area contributed by atoms with E-state index in [-0.39, 0.29) is 6.04 Å². The van der Waals surface area contributed by atoms with E-state index in [0.717, 1.165) is 42.1 Å². The van der Waals surface area contributed by atoms with Crippen LogP contribution >= 0.6 is 0 Å². The van der Waals surface area contributed by atoms with E-state index >= 15 is 0 Å². The van der Waals surface area contributed by atoms with Crippen molar-refractivity contribution in [2.75, 3.05) is 0 Å². The summed E-state index contributed by atoms with van der Waals surface area (Å²) in [7, 11) is 0. The summed E-state index contributed by atoms with van der Waals surface area (Å²) < 4.78 is 7.86. The Bertz CT molecular complexity index is 579. The van der Waals surface area contributed by atoms with Crippen LogP contribution in [0, 0.1) is 6.92 Å². The minimum Gasteiger partial charge on any atom is -0.485 e. The van der Waals surface area contributed by atoms with Crippen molar-refractivity contribution in [3.63, 3.8) is 0 Å². The van der Waals surface area contributed by atoms with Crippen molar-refractivity contribution < 1.29 is 4.74 Å². The zero-order valence-electron chi connectivity index (χ0n) is 13.0. The standard InChI is InChI=1S/C16H24N4O/c1-4-14(17)9-13-8-6-7-12(3)16(13)21-10-15-18-11-19-20(15)5-2/h6-8,11,14H,4-5,9-10,17H2,1-3H3. The number of nitrogens with two attached hydrogens (primary N) is 1. The van der Waals surface area contributed by atoms with Gasteiger partial charge in [0.2, 0.25) is 0 Å². The third kappa shape index (κ3) is 3.82. The molecule has 5 nitrogen and oxygen atoms in total. The third-order valence-electron chi connectivity index (χ3n) is 3.64. The zero-order chi connectivity index (χ0) is 15.2. The molecule has 1 aromatic carbocycles. The number of aromatic nitrogens is 3. The Morgan fingerprint density at radius 2 is 2.14 bits per heavy atom. The fourth-order valence-corrected chi connectivity index (χ4v) is 2.31. The van der Waals surface area contributed by atoms with Crippen molar-refractivity contribution >= 4 is 0 Å². The van der Waals surface area contributed by atoms with E-state index in [4.69, 9.17) is 10.5 Å². The topological polar surface area (TPSA) is 66.0 Å². The fourth-order valence-electron chi connectivity index (χ4n) is 2.31. The van der Waals surface area contributed by atoms with E-state index in [1.54, 1.807) is 6.33 Å². The fraction of sp³-hybridized carbons (Fsp3) is 0.500. The lowest BCUT2D eigenvalue weighted by Crippen LogP contribution is -2.22. The number of benzene rings is 1. The first-order valence-corrected chi connectivity index (χ1v) is 7.49. The predicted molar refractivity (Wildman–Crippen MR) is 83.2 cm³/mol. The second kappa shape index (κ2) is 7.22. The minimum atomic E-state index is 0.161. The molecule has 2 N–H and O–H groups in total. The molecule has 5 heteroatoms. The van der Waals surface area contributed by atoms with Gasteiger partial charge in [0, 0.05) is 12.6 Å². The van der Waals surface area contributed by atoms with Crippen molar-refractivity contribution in [3.05, 3.63) is 41.5 Å². The number of rotatable bonds is 7. The van der Waals surface area contributed by atoms with Crippen LogP contribution in [-0.2, 0) is 19.6 Å². The molecule has 0 spiro atoms. The average molecular weight is 288 g/mol. The quantitative estimate of drug-likeness (QED) is 0.850. The summed E-state index contributed by atoms with van der Waals surface area (Å²) in [6.07, 6.45) is 3.35. The third-order valence-corrected chi connectivity index (χ3v) is 3.64. The Kier molecular flexibility index (Phi) is 5.33. The highest BCUT2D eigenvalue weighted by Gasteiger charge is 2.12. The first kappa shape index (κ1) is 15.5. The molecule has 0 bridgehead atoms. The highest BCUT2D eigenvalue weighted by molar-refractivity contribution is 5.41. The van der Waals surface area contributed by atoms with Crippen molar-refractivity contribution in [1.29, 1.82) is 0 Å². The van der Waals surface area contributed by atoms with E-state index in [2.05, 4.69) is 42.1 Å². The molecule has 2 aromatic rings. The number of para-hydroxylation sites is 1. The van der Waals surface area contributed by atoms with Crippen LogP contribution in [0.3, 0.4) is 0 Å². The molecular weight excluding hydrogens is 264 g/mol. The molecule has 114 valence electrons. The minimum absolute atomic E-state index is 0.161. The highest BCUT2D eigenvalue weighted by Crippen LogP contribution is 2.25.